The van der Waals surface area contributed by atoms with Gasteiger partial charge in [-0.3, -0.25) is 14.6 Å². The van der Waals surface area contributed by atoms with Gasteiger partial charge in [-0.05, 0) is 13.3 Å². The second-order valence-electron chi connectivity index (χ2n) is 5.30. The van der Waals surface area contributed by atoms with Crippen molar-refractivity contribution in [2.45, 2.75) is 32.4 Å². The first-order valence-electron chi connectivity index (χ1n) is 7.49. The topological polar surface area (TPSA) is 44.8 Å². The van der Waals surface area contributed by atoms with Crippen molar-refractivity contribution < 1.29 is 9.53 Å². The van der Waals surface area contributed by atoms with Crippen molar-refractivity contribution in [1.29, 1.82) is 0 Å². The van der Waals surface area contributed by atoms with Crippen LogP contribution >= 0.6 is 0 Å². The number of rotatable bonds is 8. The van der Waals surface area contributed by atoms with Crippen LogP contribution in [0.25, 0.3) is 0 Å². The zero-order valence-corrected chi connectivity index (χ0v) is 13.1. The van der Waals surface area contributed by atoms with Crippen LogP contribution in [0.1, 0.15) is 20.3 Å². The molecule has 0 aromatic rings. The number of nitrogens with one attached hydrogen (secondary N) is 1. The lowest BCUT2D eigenvalue weighted by Gasteiger charge is -2.43. The highest BCUT2D eigenvalue weighted by molar-refractivity contribution is 5.81. The van der Waals surface area contributed by atoms with Crippen LogP contribution in [0.5, 0.6) is 0 Å². The number of nitrogens with zero attached hydrogens (tertiary/aromatic N) is 2. The smallest absolute Gasteiger partial charge is 0.237 e. The number of carbonyl (C=O) groups excluding carboxylic acids is 1. The first-order valence-corrected chi connectivity index (χ1v) is 7.49. The minimum atomic E-state index is -0.0754. The van der Waals surface area contributed by atoms with Crippen LogP contribution in [0.15, 0.2) is 12.7 Å². The van der Waals surface area contributed by atoms with Gasteiger partial charge < -0.3 is 10.1 Å². The van der Waals surface area contributed by atoms with Gasteiger partial charge in [0.05, 0.1) is 12.6 Å². The average Bonchev–Trinajstić information content (AvgIpc) is 2.49. The third-order valence-electron chi connectivity index (χ3n) is 4.04. The Kier molecular flexibility index (Phi) is 7.80. The molecule has 2 atom stereocenters. The van der Waals surface area contributed by atoms with Gasteiger partial charge in [0.2, 0.25) is 5.91 Å². The minimum Gasteiger partial charge on any atom is -0.383 e. The number of hydrogen-bond acceptors (Lipinski definition) is 4. The Bertz CT molecular complexity index is 309. The van der Waals surface area contributed by atoms with E-state index in [1.54, 1.807) is 13.2 Å². The van der Waals surface area contributed by atoms with Crippen molar-refractivity contribution in [3.63, 3.8) is 0 Å². The van der Waals surface area contributed by atoms with Gasteiger partial charge in [-0.25, -0.2) is 0 Å². The Hall–Kier alpha value is -0.910. The van der Waals surface area contributed by atoms with Crippen LogP contribution < -0.4 is 5.32 Å². The zero-order valence-electron chi connectivity index (χ0n) is 13.1. The van der Waals surface area contributed by atoms with Crippen molar-refractivity contribution in [1.82, 2.24) is 15.1 Å². The van der Waals surface area contributed by atoms with Crippen LogP contribution in [0.3, 0.4) is 0 Å². The lowest BCUT2D eigenvalue weighted by atomic mass is 10.1. The number of amides is 1. The fraction of sp³-hybridized carbons (Fsp3) is 0.800. The normalized spacial score (nSPS) is 22.4. The lowest BCUT2D eigenvalue weighted by Crippen LogP contribution is -2.58. The number of ether oxygens (including phenoxy) is 1. The Morgan fingerprint density at radius 1 is 1.55 bits per heavy atom. The van der Waals surface area contributed by atoms with Crippen LogP contribution in [0, 0.1) is 0 Å². The molecule has 5 nitrogen and oxygen atoms in total. The molecule has 0 aromatic heterocycles. The Morgan fingerprint density at radius 3 is 2.90 bits per heavy atom. The molecular weight excluding hydrogens is 254 g/mol. The molecular formula is C15H29N3O2. The van der Waals surface area contributed by atoms with Crippen molar-refractivity contribution in [3.05, 3.63) is 12.7 Å². The molecule has 1 aliphatic rings. The highest BCUT2D eigenvalue weighted by Gasteiger charge is 2.30. The number of piperazine rings is 1. The number of hydrogen-bond donors (Lipinski definition) is 1. The molecule has 1 aliphatic heterocycles. The van der Waals surface area contributed by atoms with Crippen LogP contribution in [-0.2, 0) is 9.53 Å². The molecule has 1 rings (SSSR count). The van der Waals surface area contributed by atoms with E-state index in [1.807, 2.05) is 6.92 Å². The third kappa shape index (κ3) is 4.89. The summed E-state index contributed by atoms with van der Waals surface area (Å²) < 4.78 is 5.17. The first-order chi connectivity index (χ1) is 9.63. The molecule has 1 N–H and O–H groups in total. The maximum Gasteiger partial charge on any atom is 0.237 e. The SMILES string of the molecule is C=CCNC(=O)[C@@H](C)N1CCN(CCOC)[C@@H](CC)C1. The molecule has 0 bridgehead atoms. The predicted molar refractivity (Wildman–Crippen MR) is 81.8 cm³/mol. The summed E-state index contributed by atoms with van der Waals surface area (Å²) in [6.45, 7) is 13.0. The molecule has 116 valence electrons. The molecule has 0 aliphatic carbocycles. The van der Waals surface area contributed by atoms with Crippen molar-refractivity contribution >= 4 is 5.91 Å². The summed E-state index contributed by atoms with van der Waals surface area (Å²) in [7, 11) is 1.74. The summed E-state index contributed by atoms with van der Waals surface area (Å²) in [5, 5.41) is 2.88. The maximum absolute atomic E-state index is 12.0. The van der Waals surface area contributed by atoms with Crippen LogP contribution in [0.4, 0.5) is 0 Å². The highest BCUT2D eigenvalue weighted by atomic mass is 16.5. The quantitative estimate of drug-likeness (QED) is 0.667. The first kappa shape index (κ1) is 17.1. The zero-order chi connectivity index (χ0) is 15.0. The molecule has 5 heteroatoms. The highest BCUT2D eigenvalue weighted by Crippen LogP contribution is 2.15. The van der Waals surface area contributed by atoms with Crippen LogP contribution in [-0.4, -0.2) is 74.2 Å². The van der Waals surface area contributed by atoms with E-state index in [4.69, 9.17) is 4.74 Å². The Morgan fingerprint density at radius 2 is 2.30 bits per heavy atom. The molecule has 1 heterocycles. The van der Waals surface area contributed by atoms with Gasteiger partial charge in [-0.1, -0.05) is 13.0 Å². The summed E-state index contributed by atoms with van der Waals surface area (Å²) >= 11 is 0. The van der Waals surface area contributed by atoms with Crippen molar-refractivity contribution in [2.75, 3.05) is 46.4 Å². The molecule has 1 amide bonds. The van der Waals surface area contributed by atoms with E-state index in [9.17, 15) is 4.79 Å². The second kappa shape index (κ2) is 9.10. The number of carbonyl (C=O) groups is 1. The van der Waals surface area contributed by atoms with E-state index in [2.05, 4.69) is 28.6 Å². The summed E-state index contributed by atoms with van der Waals surface area (Å²) in [4.78, 5) is 16.8. The second-order valence-corrected chi connectivity index (χ2v) is 5.30. The molecule has 1 saturated heterocycles. The summed E-state index contributed by atoms with van der Waals surface area (Å²) in [5.41, 5.74) is 0. The Labute approximate surface area is 122 Å². The van der Waals surface area contributed by atoms with Gasteiger partial charge in [0.1, 0.15) is 0 Å². The monoisotopic (exact) mass is 283 g/mol. The van der Waals surface area contributed by atoms with Gasteiger partial charge in [-0.2, -0.15) is 0 Å². The molecule has 0 unspecified atom stereocenters. The summed E-state index contributed by atoms with van der Waals surface area (Å²) in [6.07, 6.45) is 2.81. The molecule has 20 heavy (non-hydrogen) atoms. The van der Waals surface area contributed by atoms with E-state index in [0.717, 1.165) is 39.2 Å². The van der Waals surface area contributed by atoms with E-state index in [0.29, 0.717) is 12.6 Å². The summed E-state index contributed by atoms with van der Waals surface area (Å²) in [6, 6.07) is 0.433. The van der Waals surface area contributed by atoms with Gasteiger partial charge in [0.15, 0.2) is 0 Å². The van der Waals surface area contributed by atoms with Gasteiger partial charge in [-0.15, -0.1) is 6.58 Å². The van der Waals surface area contributed by atoms with Gasteiger partial charge >= 0.3 is 0 Å². The molecule has 1 fully saturated rings. The Balaban J connectivity index is 2.50. The predicted octanol–water partition coefficient (Wildman–Crippen LogP) is 0.720. The summed E-state index contributed by atoms with van der Waals surface area (Å²) in [5.74, 6) is 0.0881. The average molecular weight is 283 g/mol. The van der Waals surface area contributed by atoms with E-state index < -0.39 is 0 Å². The maximum atomic E-state index is 12.0. The van der Waals surface area contributed by atoms with Crippen molar-refractivity contribution in [3.8, 4) is 0 Å². The third-order valence-corrected chi connectivity index (χ3v) is 4.04. The minimum absolute atomic E-state index is 0.0754. The fourth-order valence-electron chi connectivity index (χ4n) is 2.65. The van der Waals surface area contributed by atoms with E-state index >= 15 is 0 Å². The van der Waals surface area contributed by atoms with Crippen molar-refractivity contribution in [2.24, 2.45) is 0 Å². The van der Waals surface area contributed by atoms with Gasteiger partial charge in [0, 0.05) is 45.9 Å². The molecule has 0 radical (unpaired) electrons. The molecule has 0 saturated carbocycles. The standard InChI is InChI=1S/C15H29N3O2/c1-5-7-16-15(19)13(3)18-9-8-17(10-11-20-4)14(6-2)12-18/h5,13-14H,1,6-12H2,2-4H3,(H,16,19)/t13-,14+/m1/s1. The number of methoxy groups -OCH3 is 1. The van der Waals surface area contributed by atoms with E-state index in [-0.39, 0.29) is 11.9 Å². The molecule has 0 spiro atoms. The largest absolute Gasteiger partial charge is 0.383 e. The van der Waals surface area contributed by atoms with Crippen LogP contribution in [0.2, 0.25) is 0 Å². The van der Waals surface area contributed by atoms with Gasteiger partial charge in [0.25, 0.3) is 0 Å². The molecule has 0 aromatic carbocycles. The fourth-order valence-corrected chi connectivity index (χ4v) is 2.65. The lowest BCUT2D eigenvalue weighted by molar-refractivity contribution is -0.127. The van der Waals surface area contributed by atoms with E-state index in [1.165, 1.54) is 0 Å².